The summed E-state index contributed by atoms with van der Waals surface area (Å²) in [6.45, 7) is 2.03. The normalized spacial score (nSPS) is 12.1. The number of aliphatic hydroxyl groups excluding tert-OH is 1. The van der Waals surface area contributed by atoms with E-state index in [4.69, 9.17) is 4.74 Å². The van der Waals surface area contributed by atoms with Crippen molar-refractivity contribution in [1.29, 1.82) is 0 Å². The Morgan fingerprint density at radius 2 is 1.96 bits per heavy atom. The van der Waals surface area contributed by atoms with Crippen LogP contribution in [0.1, 0.15) is 17.2 Å². The number of hydrogen-bond donors (Lipinski definition) is 2. The number of aliphatic hydroxyl groups is 1. The van der Waals surface area contributed by atoms with Crippen LogP contribution in [0, 0.1) is 6.92 Å². The third kappa shape index (κ3) is 3.75. The Morgan fingerprint density at radius 3 is 2.79 bits per heavy atom. The van der Waals surface area contributed by atoms with Gasteiger partial charge in [-0.15, -0.1) is 11.3 Å². The van der Waals surface area contributed by atoms with Crippen molar-refractivity contribution < 1.29 is 14.6 Å². The highest BCUT2D eigenvalue weighted by atomic mass is 32.1. The van der Waals surface area contributed by atoms with E-state index >= 15 is 0 Å². The van der Waals surface area contributed by atoms with Gasteiger partial charge in [-0.2, -0.15) is 0 Å². The molecule has 1 unspecified atom stereocenters. The van der Waals surface area contributed by atoms with Gasteiger partial charge in [0, 0.05) is 16.8 Å². The maximum atomic E-state index is 11.9. The quantitative estimate of drug-likeness (QED) is 0.722. The van der Waals surface area contributed by atoms with Crippen LogP contribution >= 0.6 is 11.3 Å². The van der Waals surface area contributed by atoms with Gasteiger partial charge < -0.3 is 15.2 Å². The van der Waals surface area contributed by atoms with E-state index in [1.54, 1.807) is 11.3 Å². The molecule has 0 fully saturated rings. The minimum absolute atomic E-state index is 0.0675. The molecule has 1 atom stereocenters. The van der Waals surface area contributed by atoms with Crippen molar-refractivity contribution in [3.05, 3.63) is 65.0 Å². The van der Waals surface area contributed by atoms with Crippen molar-refractivity contribution in [2.75, 3.05) is 13.2 Å². The number of fused-ring (bicyclic) bond motifs is 1. The van der Waals surface area contributed by atoms with E-state index in [1.807, 2.05) is 60.8 Å². The average Bonchev–Trinajstić information content (AvgIpc) is 3.03. The maximum absolute atomic E-state index is 11.9. The number of thiophene rings is 1. The van der Waals surface area contributed by atoms with Crippen molar-refractivity contribution in [2.24, 2.45) is 0 Å². The van der Waals surface area contributed by atoms with E-state index in [2.05, 4.69) is 5.32 Å². The second-order valence-corrected chi connectivity index (χ2v) is 6.47. The number of benzene rings is 2. The number of amides is 1. The highest BCUT2D eigenvalue weighted by Crippen LogP contribution is 2.29. The minimum atomic E-state index is -0.733. The van der Waals surface area contributed by atoms with E-state index in [9.17, 15) is 9.90 Å². The van der Waals surface area contributed by atoms with Crippen LogP contribution < -0.4 is 10.1 Å². The molecule has 0 saturated heterocycles. The number of hydrogen-bond acceptors (Lipinski definition) is 4. The molecule has 3 rings (SSSR count). The minimum Gasteiger partial charge on any atom is -0.484 e. The van der Waals surface area contributed by atoms with Gasteiger partial charge in [0.05, 0.1) is 6.10 Å². The molecule has 0 aliphatic carbocycles. The molecule has 5 heteroatoms. The fourth-order valence-electron chi connectivity index (χ4n) is 2.49. The van der Waals surface area contributed by atoms with Crippen LogP contribution in [0.3, 0.4) is 0 Å². The van der Waals surface area contributed by atoms with Crippen molar-refractivity contribution >= 4 is 27.3 Å². The zero-order valence-electron chi connectivity index (χ0n) is 13.4. The summed E-state index contributed by atoms with van der Waals surface area (Å²) in [4.78, 5) is 11.9. The van der Waals surface area contributed by atoms with Crippen LogP contribution in [0.25, 0.3) is 10.1 Å². The smallest absolute Gasteiger partial charge is 0.258 e. The van der Waals surface area contributed by atoms with E-state index in [1.165, 1.54) is 0 Å². The first-order valence-corrected chi connectivity index (χ1v) is 8.62. The van der Waals surface area contributed by atoms with Gasteiger partial charge in [0.15, 0.2) is 6.61 Å². The van der Waals surface area contributed by atoms with Crippen molar-refractivity contribution in [3.63, 3.8) is 0 Å². The summed E-state index contributed by atoms with van der Waals surface area (Å²) in [6.07, 6.45) is -0.733. The van der Waals surface area contributed by atoms with E-state index < -0.39 is 6.10 Å². The van der Waals surface area contributed by atoms with Gasteiger partial charge in [0.1, 0.15) is 5.75 Å². The molecular weight excluding hydrogens is 322 g/mol. The number of aryl methyl sites for hydroxylation is 1. The summed E-state index contributed by atoms with van der Waals surface area (Å²) in [6, 6.07) is 15.5. The number of nitrogens with one attached hydrogen (secondary N) is 1. The highest BCUT2D eigenvalue weighted by molar-refractivity contribution is 7.17. The van der Waals surface area contributed by atoms with Crippen LogP contribution in [0.15, 0.2) is 53.9 Å². The Balaban J connectivity index is 1.53. The standard InChI is InChI=1S/C19H19NO3S/c1-13-6-2-4-8-17(13)23-11-19(22)20-10-16(21)15-12-24-18-9-5-3-7-14(15)18/h2-9,12,16,21H,10-11H2,1H3,(H,20,22). The van der Waals surface area contributed by atoms with Gasteiger partial charge in [-0.25, -0.2) is 0 Å². The molecule has 124 valence electrons. The van der Waals surface area contributed by atoms with Crippen molar-refractivity contribution in [1.82, 2.24) is 5.32 Å². The van der Waals surface area contributed by atoms with Gasteiger partial charge in [-0.3, -0.25) is 4.79 Å². The predicted molar refractivity (Wildman–Crippen MR) is 96.5 cm³/mol. The molecular formula is C19H19NO3S. The third-order valence-corrected chi connectivity index (χ3v) is 4.80. The average molecular weight is 341 g/mol. The topological polar surface area (TPSA) is 58.6 Å². The maximum Gasteiger partial charge on any atom is 0.258 e. The van der Waals surface area contributed by atoms with Gasteiger partial charge >= 0.3 is 0 Å². The van der Waals surface area contributed by atoms with E-state index in [-0.39, 0.29) is 19.1 Å². The number of carbonyl (C=O) groups is 1. The number of rotatable bonds is 6. The lowest BCUT2D eigenvalue weighted by molar-refractivity contribution is -0.123. The summed E-state index contributed by atoms with van der Waals surface area (Å²) < 4.78 is 6.63. The second kappa shape index (κ2) is 7.47. The molecule has 1 aromatic heterocycles. The molecule has 1 heterocycles. The molecule has 3 aromatic rings. The zero-order chi connectivity index (χ0) is 16.9. The summed E-state index contributed by atoms with van der Waals surface area (Å²) in [7, 11) is 0. The Bertz CT molecular complexity index is 843. The molecule has 24 heavy (non-hydrogen) atoms. The monoisotopic (exact) mass is 341 g/mol. The first-order chi connectivity index (χ1) is 11.6. The Hall–Kier alpha value is -2.37. The fraction of sp³-hybridized carbons (Fsp3) is 0.211. The Morgan fingerprint density at radius 1 is 1.21 bits per heavy atom. The lowest BCUT2D eigenvalue weighted by atomic mass is 10.1. The van der Waals surface area contributed by atoms with Crippen LogP contribution in [0.5, 0.6) is 5.75 Å². The molecule has 2 N–H and O–H groups in total. The summed E-state index contributed by atoms with van der Waals surface area (Å²) >= 11 is 1.59. The Labute approximate surface area is 144 Å². The molecule has 0 saturated carbocycles. The first kappa shape index (κ1) is 16.5. The molecule has 0 aliphatic rings. The van der Waals surface area contributed by atoms with Gasteiger partial charge in [0.2, 0.25) is 0 Å². The van der Waals surface area contributed by atoms with Gasteiger partial charge in [0.25, 0.3) is 5.91 Å². The zero-order valence-corrected chi connectivity index (χ0v) is 14.2. The first-order valence-electron chi connectivity index (χ1n) is 7.74. The fourth-order valence-corrected chi connectivity index (χ4v) is 3.50. The molecule has 0 aliphatic heterocycles. The number of para-hydroxylation sites is 1. The summed E-state index contributed by atoms with van der Waals surface area (Å²) in [5.74, 6) is 0.439. The SMILES string of the molecule is Cc1ccccc1OCC(=O)NCC(O)c1csc2ccccc12. The van der Waals surface area contributed by atoms with E-state index in [0.29, 0.717) is 5.75 Å². The lowest BCUT2D eigenvalue weighted by Crippen LogP contribution is -2.32. The summed E-state index contributed by atoms with van der Waals surface area (Å²) in [5, 5.41) is 16.0. The lowest BCUT2D eigenvalue weighted by Gasteiger charge is -2.13. The molecule has 2 aromatic carbocycles. The third-order valence-electron chi connectivity index (χ3n) is 3.81. The molecule has 0 spiro atoms. The number of ether oxygens (including phenoxy) is 1. The molecule has 1 amide bonds. The number of carbonyl (C=O) groups excluding carboxylic acids is 1. The van der Waals surface area contributed by atoms with Crippen LogP contribution in [0.2, 0.25) is 0 Å². The van der Waals surface area contributed by atoms with Gasteiger partial charge in [-0.05, 0) is 35.4 Å². The van der Waals surface area contributed by atoms with E-state index in [0.717, 1.165) is 21.2 Å². The Kier molecular flexibility index (Phi) is 5.13. The van der Waals surface area contributed by atoms with Crippen molar-refractivity contribution in [2.45, 2.75) is 13.0 Å². The second-order valence-electron chi connectivity index (χ2n) is 5.56. The molecule has 0 radical (unpaired) electrons. The molecule has 4 nitrogen and oxygen atoms in total. The largest absolute Gasteiger partial charge is 0.484 e. The van der Waals surface area contributed by atoms with Crippen LogP contribution in [0.4, 0.5) is 0 Å². The summed E-state index contributed by atoms with van der Waals surface area (Å²) in [5.41, 5.74) is 1.82. The van der Waals surface area contributed by atoms with Gasteiger partial charge in [-0.1, -0.05) is 36.4 Å². The predicted octanol–water partition coefficient (Wildman–Crippen LogP) is 3.44. The van der Waals surface area contributed by atoms with Crippen molar-refractivity contribution in [3.8, 4) is 5.75 Å². The van der Waals surface area contributed by atoms with Crippen LogP contribution in [-0.4, -0.2) is 24.2 Å². The highest BCUT2D eigenvalue weighted by Gasteiger charge is 2.14. The van der Waals surface area contributed by atoms with Crippen LogP contribution in [-0.2, 0) is 4.79 Å². The molecule has 0 bridgehead atoms.